The van der Waals surface area contributed by atoms with E-state index in [1.807, 2.05) is 31.2 Å². The summed E-state index contributed by atoms with van der Waals surface area (Å²) in [6.07, 6.45) is 2.91. The number of rotatable bonds is 6. The molecule has 0 aliphatic carbocycles. The number of aromatic nitrogens is 2. The number of carbonyl (C=O) groups is 1. The van der Waals surface area contributed by atoms with E-state index in [9.17, 15) is 9.18 Å². The van der Waals surface area contributed by atoms with Crippen molar-refractivity contribution in [2.24, 2.45) is 0 Å². The zero-order valence-electron chi connectivity index (χ0n) is 14.4. The lowest BCUT2D eigenvalue weighted by Gasteiger charge is -2.09. The van der Waals surface area contributed by atoms with Gasteiger partial charge in [-0.25, -0.2) is 9.07 Å². The van der Waals surface area contributed by atoms with Crippen LogP contribution in [-0.2, 0) is 12.8 Å². The van der Waals surface area contributed by atoms with Crippen molar-refractivity contribution in [3.05, 3.63) is 82.4 Å². The van der Waals surface area contributed by atoms with Gasteiger partial charge in [-0.05, 0) is 54.8 Å². The minimum Gasteiger partial charge on any atom is -0.352 e. The zero-order chi connectivity index (χ0) is 18.5. The van der Waals surface area contributed by atoms with Crippen LogP contribution in [0.1, 0.15) is 28.5 Å². The average molecular weight is 372 g/mol. The average Bonchev–Trinajstić information content (AvgIpc) is 3.08. The summed E-state index contributed by atoms with van der Waals surface area (Å²) >= 11 is 5.87. The Morgan fingerprint density at radius 1 is 1.15 bits per heavy atom. The van der Waals surface area contributed by atoms with Crippen LogP contribution in [0.15, 0.2) is 54.7 Å². The highest BCUT2D eigenvalue weighted by molar-refractivity contribution is 6.30. The van der Waals surface area contributed by atoms with Gasteiger partial charge < -0.3 is 5.32 Å². The van der Waals surface area contributed by atoms with E-state index < -0.39 is 0 Å². The highest BCUT2D eigenvalue weighted by Gasteiger charge is 2.16. The summed E-state index contributed by atoms with van der Waals surface area (Å²) in [6, 6.07) is 13.6. The van der Waals surface area contributed by atoms with Crippen molar-refractivity contribution in [1.82, 2.24) is 15.1 Å². The number of hydrogen-bond acceptors (Lipinski definition) is 2. The summed E-state index contributed by atoms with van der Waals surface area (Å²) in [5.74, 6) is -0.469. The minimum atomic E-state index is -0.306. The molecule has 0 bridgehead atoms. The van der Waals surface area contributed by atoms with E-state index in [0.717, 1.165) is 23.4 Å². The van der Waals surface area contributed by atoms with Gasteiger partial charge in [-0.2, -0.15) is 5.10 Å². The largest absolute Gasteiger partial charge is 0.352 e. The fourth-order valence-corrected chi connectivity index (χ4v) is 2.90. The van der Waals surface area contributed by atoms with Crippen molar-refractivity contribution in [2.45, 2.75) is 19.8 Å². The van der Waals surface area contributed by atoms with Gasteiger partial charge in [0, 0.05) is 11.6 Å². The third kappa shape index (κ3) is 4.11. The second-order valence-electron chi connectivity index (χ2n) is 5.88. The van der Waals surface area contributed by atoms with Crippen LogP contribution >= 0.6 is 11.6 Å². The lowest BCUT2D eigenvalue weighted by Crippen LogP contribution is -2.26. The molecule has 1 amide bonds. The molecule has 134 valence electrons. The predicted molar refractivity (Wildman–Crippen MR) is 100 cm³/mol. The molecule has 3 rings (SSSR count). The molecule has 0 saturated heterocycles. The van der Waals surface area contributed by atoms with Crippen molar-refractivity contribution in [3.63, 3.8) is 0 Å². The Labute approximate surface area is 156 Å². The van der Waals surface area contributed by atoms with Gasteiger partial charge in [0.2, 0.25) is 0 Å². The minimum absolute atomic E-state index is 0.163. The molecular formula is C20H19ClFN3O. The molecule has 0 unspecified atom stereocenters. The van der Waals surface area contributed by atoms with Crippen LogP contribution in [0.3, 0.4) is 0 Å². The molecule has 1 heterocycles. The van der Waals surface area contributed by atoms with Gasteiger partial charge in [0.05, 0.1) is 23.1 Å². The van der Waals surface area contributed by atoms with Gasteiger partial charge in [-0.15, -0.1) is 0 Å². The Morgan fingerprint density at radius 2 is 1.85 bits per heavy atom. The smallest absolute Gasteiger partial charge is 0.254 e. The molecule has 6 heteroatoms. The van der Waals surface area contributed by atoms with Gasteiger partial charge in [-0.3, -0.25) is 4.79 Å². The topological polar surface area (TPSA) is 46.9 Å². The van der Waals surface area contributed by atoms with E-state index >= 15 is 0 Å². The first-order chi connectivity index (χ1) is 12.6. The standard InChI is InChI=1S/C20H19ClFN3O/c1-2-19-18(13-24-25(19)17-9-7-16(22)8-10-17)20(26)23-12-11-14-3-5-15(21)6-4-14/h3-10,13H,2,11-12H2,1H3,(H,23,26). The van der Waals surface area contributed by atoms with Gasteiger partial charge in [0.15, 0.2) is 0 Å². The van der Waals surface area contributed by atoms with E-state index in [0.29, 0.717) is 23.6 Å². The quantitative estimate of drug-likeness (QED) is 0.706. The molecule has 2 aromatic carbocycles. The van der Waals surface area contributed by atoms with E-state index in [4.69, 9.17) is 11.6 Å². The third-order valence-electron chi connectivity index (χ3n) is 4.13. The van der Waals surface area contributed by atoms with Gasteiger partial charge >= 0.3 is 0 Å². The molecule has 0 aliphatic heterocycles. The molecule has 1 aromatic heterocycles. The zero-order valence-corrected chi connectivity index (χ0v) is 15.1. The molecule has 4 nitrogen and oxygen atoms in total. The SMILES string of the molecule is CCc1c(C(=O)NCCc2ccc(Cl)cc2)cnn1-c1ccc(F)cc1. The first-order valence-corrected chi connectivity index (χ1v) is 8.81. The van der Waals surface area contributed by atoms with Crippen LogP contribution in [0.4, 0.5) is 4.39 Å². The summed E-state index contributed by atoms with van der Waals surface area (Å²) in [5, 5.41) is 7.92. The van der Waals surface area contributed by atoms with Gasteiger partial charge in [0.1, 0.15) is 5.82 Å². The van der Waals surface area contributed by atoms with Crippen LogP contribution in [0.2, 0.25) is 5.02 Å². The van der Waals surface area contributed by atoms with Crippen molar-refractivity contribution < 1.29 is 9.18 Å². The maximum absolute atomic E-state index is 13.1. The number of hydrogen-bond donors (Lipinski definition) is 1. The number of amides is 1. The summed E-state index contributed by atoms with van der Waals surface area (Å²) in [6.45, 7) is 2.48. The summed E-state index contributed by atoms with van der Waals surface area (Å²) in [5.41, 5.74) is 3.16. The maximum atomic E-state index is 13.1. The molecule has 26 heavy (non-hydrogen) atoms. The monoisotopic (exact) mass is 371 g/mol. The molecule has 0 radical (unpaired) electrons. The summed E-state index contributed by atoms with van der Waals surface area (Å²) in [7, 11) is 0. The first-order valence-electron chi connectivity index (χ1n) is 8.44. The van der Waals surface area contributed by atoms with Gasteiger partial charge in [-0.1, -0.05) is 30.7 Å². The highest BCUT2D eigenvalue weighted by atomic mass is 35.5. The van der Waals surface area contributed by atoms with E-state index in [-0.39, 0.29) is 11.7 Å². The number of nitrogens with one attached hydrogen (secondary N) is 1. The van der Waals surface area contributed by atoms with E-state index in [1.165, 1.54) is 12.1 Å². The molecular weight excluding hydrogens is 353 g/mol. The van der Waals surface area contributed by atoms with Crippen LogP contribution in [0.5, 0.6) is 0 Å². The number of halogens is 2. The summed E-state index contributed by atoms with van der Waals surface area (Å²) < 4.78 is 14.8. The maximum Gasteiger partial charge on any atom is 0.254 e. The van der Waals surface area contributed by atoms with Crippen LogP contribution in [0, 0.1) is 5.82 Å². The Bertz CT molecular complexity index is 888. The van der Waals surface area contributed by atoms with Crippen LogP contribution in [-0.4, -0.2) is 22.2 Å². The highest BCUT2D eigenvalue weighted by Crippen LogP contribution is 2.16. The second kappa shape index (κ2) is 8.15. The molecule has 1 N–H and O–H groups in total. The van der Waals surface area contributed by atoms with Gasteiger partial charge in [0.25, 0.3) is 5.91 Å². The number of carbonyl (C=O) groups excluding carboxylic acids is 1. The molecule has 0 saturated carbocycles. The predicted octanol–water partition coefficient (Wildman–Crippen LogP) is 4.20. The Kier molecular flexibility index (Phi) is 5.68. The molecule has 0 spiro atoms. The normalized spacial score (nSPS) is 10.7. The number of nitrogens with zero attached hydrogens (tertiary/aromatic N) is 2. The molecule has 3 aromatic rings. The van der Waals surface area contributed by atoms with E-state index in [1.54, 1.807) is 23.0 Å². The van der Waals surface area contributed by atoms with Crippen LogP contribution in [0.25, 0.3) is 5.69 Å². The van der Waals surface area contributed by atoms with Crippen molar-refractivity contribution >= 4 is 17.5 Å². The molecule has 0 atom stereocenters. The lowest BCUT2D eigenvalue weighted by molar-refractivity contribution is 0.0953. The number of benzene rings is 2. The fourth-order valence-electron chi connectivity index (χ4n) is 2.78. The first kappa shape index (κ1) is 18.1. The summed E-state index contributed by atoms with van der Waals surface area (Å²) in [4.78, 5) is 12.5. The van der Waals surface area contributed by atoms with Crippen molar-refractivity contribution in [1.29, 1.82) is 0 Å². The molecule has 0 fully saturated rings. The Hall–Kier alpha value is -2.66. The fraction of sp³-hybridized carbons (Fsp3) is 0.200. The van der Waals surface area contributed by atoms with E-state index in [2.05, 4.69) is 10.4 Å². The molecule has 0 aliphatic rings. The second-order valence-corrected chi connectivity index (χ2v) is 6.32. The lowest BCUT2D eigenvalue weighted by atomic mass is 10.1. The van der Waals surface area contributed by atoms with Crippen molar-refractivity contribution in [3.8, 4) is 5.69 Å². The Balaban J connectivity index is 1.69. The van der Waals surface area contributed by atoms with Crippen molar-refractivity contribution in [2.75, 3.05) is 6.54 Å². The van der Waals surface area contributed by atoms with Crippen LogP contribution < -0.4 is 5.32 Å². The Morgan fingerprint density at radius 3 is 2.50 bits per heavy atom. The third-order valence-corrected chi connectivity index (χ3v) is 4.38.